The van der Waals surface area contributed by atoms with Crippen molar-refractivity contribution in [2.24, 2.45) is 0 Å². The molecule has 1 aromatic carbocycles. The zero-order chi connectivity index (χ0) is 20.6. The van der Waals surface area contributed by atoms with Gasteiger partial charge in [-0.3, -0.25) is 0 Å². The molecular formula is C22H25N3O3. The van der Waals surface area contributed by atoms with Gasteiger partial charge in [-0.2, -0.15) is 0 Å². The van der Waals surface area contributed by atoms with E-state index in [4.69, 9.17) is 14.2 Å². The van der Waals surface area contributed by atoms with Crippen LogP contribution in [-0.4, -0.2) is 34.8 Å². The molecule has 1 heterocycles. The lowest BCUT2D eigenvalue weighted by molar-refractivity contribution is 0.268. The Morgan fingerprint density at radius 1 is 0.571 bits per heavy atom. The minimum atomic E-state index is 0.114. The summed E-state index contributed by atoms with van der Waals surface area (Å²) in [4.78, 5) is 11.8. The molecule has 0 aliphatic rings. The lowest BCUT2D eigenvalue weighted by Crippen LogP contribution is -2.07. The first kappa shape index (κ1) is 22.4. The second kappa shape index (κ2) is 13.5. The highest BCUT2D eigenvalue weighted by Crippen LogP contribution is 2.14. The Kier molecular flexibility index (Phi) is 10.8. The molecule has 1 aromatic heterocycles. The van der Waals surface area contributed by atoms with Crippen molar-refractivity contribution in [2.45, 2.75) is 0 Å². The van der Waals surface area contributed by atoms with Crippen molar-refractivity contribution in [3.8, 4) is 18.0 Å². The van der Waals surface area contributed by atoms with Crippen LogP contribution in [0.4, 0.5) is 0 Å². The van der Waals surface area contributed by atoms with Crippen molar-refractivity contribution in [1.29, 1.82) is 0 Å². The van der Waals surface area contributed by atoms with E-state index in [2.05, 4.69) is 47.8 Å². The van der Waals surface area contributed by atoms with Crippen LogP contribution in [0.15, 0.2) is 75.4 Å². The van der Waals surface area contributed by atoms with Crippen molar-refractivity contribution in [3.63, 3.8) is 0 Å². The van der Waals surface area contributed by atoms with Gasteiger partial charge in [0.05, 0.1) is 0 Å². The van der Waals surface area contributed by atoms with Crippen molar-refractivity contribution in [2.75, 3.05) is 19.8 Å². The largest absolute Gasteiger partial charge is 0.459 e. The van der Waals surface area contributed by atoms with Crippen molar-refractivity contribution in [3.05, 3.63) is 86.5 Å². The third-order valence-corrected chi connectivity index (χ3v) is 2.97. The third kappa shape index (κ3) is 8.62. The van der Waals surface area contributed by atoms with Crippen LogP contribution in [0.1, 0.15) is 11.1 Å². The molecule has 0 aliphatic carbocycles. The fraction of sp³-hybridized carbons (Fsp3) is 0.136. The minimum absolute atomic E-state index is 0.114. The van der Waals surface area contributed by atoms with Crippen LogP contribution in [0.5, 0.6) is 18.0 Å². The summed E-state index contributed by atoms with van der Waals surface area (Å²) in [6, 6.07) is 8.41. The second-order valence-electron chi connectivity index (χ2n) is 5.06. The molecule has 0 saturated carbocycles. The van der Waals surface area contributed by atoms with Crippen LogP contribution in [-0.2, 0) is 0 Å². The summed E-state index contributed by atoms with van der Waals surface area (Å²) in [6.07, 6.45) is 8.40. The summed E-state index contributed by atoms with van der Waals surface area (Å²) in [5.41, 5.74) is 2.29. The molecule has 2 aromatic rings. The number of aromatic nitrogens is 3. The van der Waals surface area contributed by atoms with E-state index < -0.39 is 0 Å². The molecule has 0 saturated heterocycles. The molecule has 0 N–H and O–H groups in total. The van der Waals surface area contributed by atoms with Gasteiger partial charge in [0.1, 0.15) is 19.8 Å². The molecule has 0 amide bonds. The number of rotatable bonds is 11. The van der Waals surface area contributed by atoms with Crippen LogP contribution < -0.4 is 14.2 Å². The molecule has 2 rings (SSSR count). The SMILES string of the molecule is C=CCOc1nc(OCC=C)nc(OCC=C)n1.C=Cc1ccc(C=C)cc1. The Morgan fingerprint density at radius 2 is 0.857 bits per heavy atom. The van der Waals surface area contributed by atoms with Crippen LogP contribution in [0.25, 0.3) is 12.2 Å². The summed E-state index contributed by atoms with van der Waals surface area (Å²) in [6.45, 7) is 18.8. The highest BCUT2D eigenvalue weighted by Gasteiger charge is 2.08. The van der Waals surface area contributed by atoms with Gasteiger partial charge in [0.2, 0.25) is 0 Å². The summed E-state index contributed by atoms with van der Waals surface area (Å²) < 4.78 is 15.6. The topological polar surface area (TPSA) is 66.4 Å². The summed E-state index contributed by atoms with van der Waals surface area (Å²) in [5.74, 6) is 0. The number of nitrogens with zero attached hydrogens (tertiary/aromatic N) is 3. The predicted molar refractivity (Wildman–Crippen MR) is 114 cm³/mol. The van der Waals surface area contributed by atoms with E-state index in [0.29, 0.717) is 0 Å². The molecule has 146 valence electrons. The van der Waals surface area contributed by atoms with Crippen LogP contribution in [0.2, 0.25) is 0 Å². The Hall–Kier alpha value is -3.67. The van der Waals surface area contributed by atoms with Gasteiger partial charge < -0.3 is 14.2 Å². The van der Waals surface area contributed by atoms with Crippen molar-refractivity contribution in [1.82, 2.24) is 15.0 Å². The average Bonchev–Trinajstić information content (AvgIpc) is 2.75. The molecule has 0 fully saturated rings. The van der Waals surface area contributed by atoms with Gasteiger partial charge in [-0.25, -0.2) is 0 Å². The summed E-state index contributed by atoms with van der Waals surface area (Å²) >= 11 is 0. The molecule has 0 unspecified atom stereocenters. The predicted octanol–water partition coefficient (Wildman–Crippen LogP) is 4.54. The van der Waals surface area contributed by atoms with Crippen LogP contribution in [0, 0.1) is 0 Å². The van der Waals surface area contributed by atoms with E-state index in [9.17, 15) is 0 Å². The maximum Gasteiger partial charge on any atom is 0.326 e. The molecule has 28 heavy (non-hydrogen) atoms. The Labute approximate surface area is 166 Å². The van der Waals surface area contributed by atoms with Gasteiger partial charge in [-0.15, -0.1) is 15.0 Å². The number of ether oxygens (including phenoxy) is 3. The Bertz CT molecular complexity index is 685. The zero-order valence-corrected chi connectivity index (χ0v) is 15.9. The van der Waals surface area contributed by atoms with E-state index in [0.717, 1.165) is 11.1 Å². The molecule has 6 heteroatoms. The number of hydrogen-bond acceptors (Lipinski definition) is 6. The smallest absolute Gasteiger partial charge is 0.326 e. The monoisotopic (exact) mass is 379 g/mol. The quantitative estimate of drug-likeness (QED) is 0.534. The van der Waals surface area contributed by atoms with E-state index in [1.54, 1.807) is 18.2 Å². The maximum atomic E-state index is 5.20. The van der Waals surface area contributed by atoms with Crippen molar-refractivity contribution >= 4 is 12.2 Å². The second-order valence-corrected chi connectivity index (χ2v) is 5.06. The van der Waals surface area contributed by atoms with E-state index in [-0.39, 0.29) is 37.9 Å². The van der Waals surface area contributed by atoms with Crippen LogP contribution in [0.3, 0.4) is 0 Å². The van der Waals surface area contributed by atoms with Gasteiger partial charge in [-0.05, 0) is 11.1 Å². The first-order valence-electron chi connectivity index (χ1n) is 8.48. The van der Waals surface area contributed by atoms with E-state index in [1.807, 2.05) is 36.4 Å². The molecule has 0 spiro atoms. The molecule has 0 bridgehead atoms. The fourth-order valence-corrected chi connectivity index (χ4v) is 1.68. The minimum Gasteiger partial charge on any atom is -0.459 e. The van der Waals surface area contributed by atoms with Crippen LogP contribution >= 0.6 is 0 Å². The Balaban J connectivity index is 0.000000330. The fourth-order valence-electron chi connectivity index (χ4n) is 1.68. The number of hydrogen-bond donors (Lipinski definition) is 0. The maximum absolute atomic E-state index is 5.20. The lowest BCUT2D eigenvalue weighted by atomic mass is 10.1. The first-order valence-corrected chi connectivity index (χ1v) is 8.48. The standard InChI is InChI=1S/C12H15N3O3.C10H10/c1-4-7-16-10-13-11(17-8-5-2)15-12(14-10)18-9-6-3;1-3-9-5-7-10(4-2)8-6-9/h4-6H,1-3,7-9H2;3-8H,1-2H2. The van der Waals surface area contributed by atoms with E-state index in [1.165, 1.54) is 0 Å². The Morgan fingerprint density at radius 3 is 1.07 bits per heavy atom. The van der Waals surface area contributed by atoms with Gasteiger partial charge >= 0.3 is 18.0 Å². The molecular weight excluding hydrogens is 354 g/mol. The van der Waals surface area contributed by atoms with Gasteiger partial charge in [0.25, 0.3) is 0 Å². The zero-order valence-electron chi connectivity index (χ0n) is 15.9. The highest BCUT2D eigenvalue weighted by atomic mass is 16.5. The highest BCUT2D eigenvalue weighted by molar-refractivity contribution is 5.53. The molecule has 0 atom stereocenters. The van der Waals surface area contributed by atoms with E-state index >= 15 is 0 Å². The van der Waals surface area contributed by atoms with Crippen molar-refractivity contribution < 1.29 is 14.2 Å². The summed E-state index contributed by atoms with van der Waals surface area (Å²) in [5, 5.41) is 0. The van der Waals surface area contributed by atoms with Gasteiger partial charge in [0, 0.05) is 0 Å². The molecule has 6 nitrogen and oxygen atoms in total. The van der Waals surface area contributed by atoms with Gasteiger partial charge in [0.15, 0.2) is 0 Å². The number of benzene rings is 1. The summed E-state index contributed by atoms with van der Waals surface area (Å²) in [7, 11) is 0. The van der Waals surface area contributed by atoms with Gasteiger partial charge in [-0.1, -0.05) is 87.5 Å². The third-order valence-electron chi connectivity index (χ3n) is 2.97. The lowest BCUT2D eigenvalue weighted by Gasteiger charge is -2.07. The molecule has 0 radical (unpaired) electrons. The first-order chi connectivity index (χ1) is 13.7. The normalized spacial score (nSPS) is 9.14. The average molecular weight is 379 g/mol. The molecule has 0 aliphatic heterocycles.